The third-order valence-corrected chi connectivity index (χ3v) is 16.1. The maximum absolute atomic E-state index is 15.4. The van der Waals surface area contributed by atoms with Crippen molar-refractivity contribution in [3.63, 3.8) is 0 Å². The fraction of sp³-hybridized carbons (Fsp3) is 0.556. The topological polar surface area (TPSA) is 344 Å². The number of aliphatic hydroxyl groups excluding tert-OH is 1. The number of H-pyrrole nitrogens is 2. The Bertz CT molecular complexity index is 3360. The average molecular weight is 1240 g/mol. The second-order valence-electron chi connectivity index (χ2n) is 23.5. The number of amides is 8. The lowest BCUT2D eigenvalue weighted by molar-refractivity contribution is -0.139. The largest absolute Gasteiger partial charge is 0.460 e. The predicted molar refractivity (Wildman–Crippen MR) is 333 cm³/mol. The SMILES string of the molecule is CCC1=C(C)c2cc3[nH]c(cc4nc(c5c6[nH]c(cc1n2)c(C)c6C(=O)N(CCN1CCOCC1)C5=O)[C@@H](CCC(=O)N(C)CCNC(=O)[C@H](CCCNC(N)=O)NC(=O)[C@H](C)NC(=O)OC(C)(C)C)[C@@H]4C)c(C)c3/C=C/C(=O)OCCOCCOCCO. The van der Waals surface area contributed by atoms with Crippen LogP contribution in [-0.2, 0) is 42.9 Å². The molecule has 3 aromatic heterocycles. The molecule has 0 radical (unpaired) electrons. The van der Waals surface area contributed by atoms with Crippen LogP contribution in [0.4, 0.5) is 9.59 Å². The van der Waals surface area contributed by atoms with Gasteiger partial charge in [-0.2, -0.15) is 0 Å². The lowest BCUT2D eigenvalue weighted by Gasteiger charge is -2.31. The van der Waals surface area contributed by atoms with Gasteiger partial charge in [-0.1, -0.05) is 13.8 Å². The number of imide groups is 1. The Labute approximate surface area is 518 Å². The van der Waals surface area contributed by atoms with Crippen LogP contribution in [0, 0.1) is 13.8 Å². The molecular formula is C63H88N12O14. The first-order valence-electron chi connectivity index (χ1n) is 30.5. The Morgan fingerprint density at radius 2 is 1.55 bits per heavy atom. The zero-order chi connectivity index (χ0) is 64.7. The number of rotatable bonds is 28. The molecule has 8 bridgehead atoms. The molecule has 0 aliphatic carbocycles. The molecule has 4 atom stereocenters. The summed E-state index contributed by atoms with van der Waals surface area (Å²) in [4.78, 5) is 131. The standard InChI is InChI=1S/C63H88N12O14/c1-11-41-36(2)46-34-50-42(15-17-52(78)88-32-31-87-30-29-86-28-25-76)37(3)45(69-50)33-47-38(4)43(55(70-47)54-56-53(39(5)48(71-56)35-49(41)68-46)59(81)75(60(54)82)22-21-74-23-26-85-27-24-74)14-16-51(77)73(10)20-19-65-58(80)44(13-12-18-66-61(64)83)72-57(79)40(6)67-62(84)89-63(7,8)9/h15,17,33-35,38,40,43-44,69,71,76H,11-14,16,18-32H2,1-10H3,(H,65,80)(H,67,84)(H,72,79)(H3,64,66,83)/b17-15+,45-33?,46-34?,47-33?,48-35?,49-35?,50-34?,55-54?/t38-,40-,43-,44-/m0/s1. The van der Waals surface area contributed by atoms with E-state index in [-0.39, 0.29) is 96.4 Å². The minimum atomic E-state index is -1.09. The number of aryl methyl sites for hydroxylation is 2. The van der Waals surface area contributed by atoms with Crippen LogP contribution in [0.15, 0.2) is 24.3 Å². The van der Waals surface area contributed by atoms with Crippen molar-refractivity contribution in [2.24, 2.45) is 5.73 Å². The number of likely N-dealkylation sites (N-methyl/N-ethyl adjacent to an activating group) is 1. The number of nitrogens with zero attached hydrogens (tertiary/aromatic N) is 5. The molecule has 26 nitrogen and oxygen atoms in total. The molecule has 26 heteroatoms. The number of nitrogens with one attached hydrogen (secondary N) is 6. The predicted octanol–water partition coefficient (Wildman–Crippen LogP) is 4.87. The molecule has 4 aliphatic heterocycles. The number of hydrogen-bond acceptors (Lipinski definition) is 17. The van der Waals surface area contributed by atoms with Crippen LogP contribution in [0.2, 0.25) is 0 Å². The second-order valence-corrected chi connectivity index (χ2v) is 23.5. The smallest absolute Gasteiger partial charge is 0.408 e. The molecule has 0 saturated carbocycles. The lowest BCUT2D eigenvalue weighted by atomic mass is 9.84. The van der Waals surface area contributed by atoms with Gasteiger partial charge in [0.25, 0.3) is 11.8 Å². The highest BCUT2D eigenvalue weighted by atomic mass is 16.6. The first kappa shape index (κ1) is 68.5. The summed E-state index contributed by atoms with van der Waals surface area (Å²) in [6.07, 6.45) is 3.46. The normalized spacial score (nSPS) is 16.7. The van der Waals surface area contributed by atoms with Gasteiger partial charge >= 0.3 is 18.1 Å². The molecule has 1 fully saturated rings. The number of allylic oxidation sites excluding steroid dienone is 2. The van der Waals surface area contributed by atoms with E-state index in [2.05, 4.69) is 36.1 Å². The van der Waals surface area contributed by atoms with Crippen molar-refractivity contribution in [2.45, 2.75) is 124 Å². The van der Waals surface area contributed by atoms with Gasteiger partial charge in [0, 0.05) is 105 Å². The minimum absolute atomic E-state index is 0.000332. The van der Waals surface area contributed by atoms with Gasteiger partial charge in [-0.15, -0.1) is 0 Å². The molecule has 0 spiro atoms. The molecule has 3 aromatic rings. The van der Waals surface area contributed by atoms with Crippen molar-refractivity contribution >= 4 is 86.9 Å². The van der Waals surface area contributed by atoms with Gasteiger partial charge in [-0.25, -0.2) is 19.4 Å². The molecule has 0 aromatic carbocycles. The van der Waals surface area contributed by atoms with Crippen LogP contribution in [-0.4, -0.2) is 211 Å². The van der Waals surface area contributed by atoms with Gasteiger partial charge in [0.15, 0.2) is 0 Å². The summed E-state index contributed by atoms with van der Waals surface area (Å²) in [5, 5.41) is 19.3. The van der Waals surface area contributed by atoms with E-state index < -0.39 is 71.2 Å². The van der Waals surface area contributed by atoms with Crippen molar-refractivity contribution in [1.29, 1.82) is 0 Å². The van der Waals surface area contributed by atoms with Gasteiger partial charge in [0.05, 0.1) is 80.0 Å². The van der Waals surface area contributed by atoms with E-state index in [0.29, 0.717) is 107 Å². The number of alkyl carbamates (subject to hydrolysis) is 1. The molecule has 1 saturated heterocycles. The number of nitrogens with two attached hydrogens (primary N) is 1. The fourth-order valence-corrected chi connectivity index (χ4v) is 11.1. The lowest BCUT2D eigenvalue weighted by Crippen LogP contribution is -2.54. The molecule has 89 heavy (non-hydrogen) atoms. The van der Waals surface area contributed by atoms with Crippen LogP contribution >= 0.6 is 0 Å². The molecule has 7 heterocycles. The van der Waals surface area contributed by atoms with Crippen molar-refractivity contribution in [2.75, 3.05) is 106 Å². The summed E-state index contributed by atoms with van der Waals surface area (Å²) in [5.41, 5.74) is 13.7. The zero-order valence-electron chi connectivity index (χ0n) is 52.9. The van der Waals surface area contributed by atoms with Gasteiger partial charge in [-0.05, 0) is 121 Å². The number of urea groups is 1. The van der Waals surface area contributed by atoms with Gasteiger partial charge in [0.2, 0.25) is 17.7 Å². The summed E-state index contributed by atoms with van der Waals surface area (Å²) in [5.74, 6) is -3.94. The highest BCUT2D eigenvalue weighted by Crippen LogP contribution is 2.44. The Morgan fingerprint density at radius 3 is 2.25 bits per heavy atom. The number of carbonyl (C=O) groups is 8. The van der Waals surface area contributed by atoms with Crippen LogP contribution in [0.5, 0.6) is 0 Å². The van der Waals surface area contributed by atoms with E-state index in [1.54, 1.807) is 33.9 Å². The van der Waals surface area contributed by atoms with Crippen molar-refractivity contribution < 1.29 is 67.1 Å². The molecule has 8 amide bonds. The average Bonchev–Trinajstić information content (AvgIpc) is 1.63. The Morgan fingerprint density at radius 1 is 0.865 bits per heavy atom. The van der Waals surface area contributed by atoms with Crippen LogP contribution < -0.4 is 27.0 Å². The number of aromatic nitrogens is 4. The number of aliphatic hydroxyl groups is 1. The quantitative estimate of drug-likeness (QED) is 0.0208. The number of ether oxygens (including phenoxy) is 5. The van der Waals surface area contributed by atoms with Gasteiger partial charge in [0.1, 0.15) is 24.3 Å². The third-order valence-electron chi connectivity index (χ3n) is 16.1. The van der Waals surface area contributed by atoms with E-state index in [0.717, 1.165) is 16.7 Å². The molecule has 484 valence electrons. The van der Waals surface area contributed by atoms with Crippen LogP contribution in [0.1, 0.15) is 153 Å². The highest BCUT2D eigenvalue weighted by Gasteiger charge is 2.41. The summed E-state index contributed by atoms with van der Waals surface area (Å²) in [6.45, 7) is 20.3. The molecule has 0 unspecified atom stereocenters. The summed E-state index contributed by atoms with van der Waals surface area (Å²) < 4.78 is 27.1. The van der Waals surface area contributed by atoms with Crippen molar-refractivity contribution in [1.82, 2.24) is 55.9 Å². The van der Waals surface area contributed by atoms with Crippen molar-refractivity contribution in [3.05, 3.63) is 74.9 Å². The maximum atomic E-state index is 15.4. The van der Waals surface area contributed by atoms with Gasteiger partial charge < -0.3 is 70.7 Å². The van der Waals surface area contributed by atoms with Crippen LogP contribution in [0.25, 0.3) is 39.3 Å². The molecule has 4 aliphatic rings. The monoisotopic (exact) mass is 1240 g/mol. The number of fused-ring (bicyclic) bond motifs is 8. The van der Waals surface area contributed by atoms with E-state index in [1.807, 2.05) is 52.8 Å². The first-order chi connectivity index (χ1) is 42.4. The zero-order valence-corrected chi connectivity index (χ0v) is 52.9. The Balaban J connectivity index is 1.22. The number of hydrogen-bond donors (Lipinski definition) is 8. The summed E-state index contributed by atoms with van der Waals surface area (Å²) in [7, 11) is 1.61. The Hall–Kier alpha value is -8.04. The van der Waals surface area contributed by atoms with E-state index in [1.165, 1.54) is 22.8 Å². The van der Waals surface area contributed by atoms with Crippen molar-refractivity contribution in [3.8, 4) is 0 Å². The van der Waals surface area contributed by atoms with E-state index in [9.17, 15) is 33.6 Å². The van der Waals surface area contributed by atoms with E-state index in [4.69, 9.17) is 44.5 Å². The Kier molecular flexibility index (Phi) is 24.2. The number of esters is 1. The van der Waals surface area contributed by atoms with Gasteiger partial charge in [-0.3, -0.25) is 38.8 Å². The van der Waals surface area contributed by atoms with Crippen LogP contribution in [0.3, 0.4) is 0 Å². The number of aromatic amines is 2. The number of morpholine rings is 1. The molecular weight excluding hydrogens is 1150 g/mol. The maximum Gasteiger partial charge on any atom is 0.408 e. The number of carbonyl (C=O) groups excluding carboxylic acids is 8. The third kappa shape index (κ3) is 17.9. The summed E-state index contributed by atoms with van der Waals surface area (Å²) in [6, 6.07) is 2.87. The molecule has 9 N–H and O–H groups in total. The van der Waals surface area contributed by atoms with E-state index >= 15 is 4.79 Å². The summed E-state index contributed by atoms with van der Waals surface area (Å²) >= 11 is 0. The highest BCUT2D eigenvalue weighted by molar-refractivity contribution is 6.23. The molecule has 7 rings (SSSR count). The minimum Gasteiger partial charge on any atom is -0.460 e. The second kappa shape index (κ2) is 31.4. The number of primary amides is 1. The fourth-order valence-electron chi connectivity index (χ4n) is 11.1. The first-order valence-corrected chi connectivity index (χ1v) is 30.5.